The number of nitrogens with one attached hydrogen (secondary N) is 1. The normalized spacial score (nSPS) is 18.4. The largest absolute Gasteiger partial charge is 0.364 e. The van der Waals surface area contributed by atoms with Gasteiger partial charge in [-0.1, -0.05) is 6.92 Å². The molecule has 0 aromatic carbocycles. The van der Waals surface area contributed by atoms with Gasteiger partial charge in [0.05, 0.1) is 0 Å². The summed E-state index contributed by atoms with van der Waals surface area (Å²) in [5, 5.41) is 3.41. The number of carbonyl (C=O) groups excluding carboxylic acids is 1. The molecule has 0 spiro atoms. The monoisotopic (exact) mass is 288 g/mol. The molecule has 7 heteroatoms. The van der Waals surface area contributed by atoms with Crippen molar-refractivity contribution in [3.05, 3.63) is 12.2 Å². The molecule has 112 valence electrons. The molecule has 1 fully saturated rings. The van der Waals surface area contributed by atoms with Gasteiger partial charge in [0.25, 0.3) is 0 Å². The number of likely N-dealkylation sites (tertiary alicyclic amines) is 1. The summed E-state index contributed by atoms with van der Waals surface area (Å²) in [6, 6.07) is 0.223. The molecule has 7 nitrogen and oxygen atoms in total. The van der Waals surface area contributed by atoms with Crippen LogP contribution in [0.5, 0.6) is 0 Å². The summed E-state index contributed by atoms with van der Waals surface area (Å²) in [6.07, 6.45) is 3.04. The molecule has 1 atom stereocenters. The standard InChI is InChI=1S/C14H20N6O/c1-4-11(21)20-6-5-10(7-20)18-13-12-14(16-8-15-13)19(3)9(2)17-12/h8,10H,4-7H2,1-3H3,(H,15,16,18). The summed E-state index contributed by atoms with van der Waals surface area (Å²) in [4.78, 5) is 26.7. The molecule has 0 radical (unpaired) electrons. The third-order valence-corrected chi connectivity index (χ3v) is 4.06. The number of imidazole rings is 1. The Hall–Kier alpha value is -2.18. The lowest BCUT2D eigenvalue weighted by Crippen LogP contribution is -2.31. The smallest absolute Gasteiger partial charge is 0.222 e. The van der Waals surface area contributed by atoms with Crippen molar-refractivity contribution in [2.45, 2.75) is 32.7 Å². The molecule has 1 aliphatic heterocycles. The Morgan fingerprint density at radius 2 is 2.29 bits per heavy atom. The van der Waals surface area contributed by atoms with Crippen LogP contribution in [-0.4, -0.2) is 49.5 Å². The molecule has 1 unspecified atom stereocenters. The number of aryl methyl sites for hydroxylation is 2. The number of carbonyl (C=O) groups is 1. The first kappa shape index (κ1) is 13.8. The topological polar surface area (TPSA) is 75.9 Å². The van der Waals surface area contributed by atoms with Crippen LogP contribution in [0.4, 0.5) is 5.82 Å². The van der Waals surface area contributed by atoms with E-state index in [0.717, 1.165) is 42.3 Å². The van der Waals surface area contributed by atoms with Crippen LogP contribution in [-0.2, 0) is 11.8 Å². The average molecular weight is 288 g/mol. The van der Waals surface area contributed by atoms with Gasteiger partial charge in [0.15, 0.2) is 17.0 Å². The lowest BCUT2D eigenvalue weighted by Gasteiger charge is -2.16. The van der Waals surface area contributed by atoms with E-state index < -0.39 is 0 Å². The van der Waals surface area contributed by atoms with Crippen molar-refractivity contribution in [3.8, 4) is 0 Å². The SMILES string of the molecule is CCC(=O)N1CCC(Nc2ncnc3c2nc(C)n3C)C1. The van der Waals surface area contributed by atoms with Crippen LogP contribution < -0.4 is 5.32 Å². The maximum Gasteiger partial charge on any atom is 0.222 e. The first-order chi connectivity index (χ1) is 10.1. The van der Waals surface area contributed by atoms with Crippen LogP contribution in [0.1, 0.15) is 25.6 Å². The van der Waals surface area contributed by atoms with Gasteiger partial charge in [-0.2, -0.15) is 0 Å². The minimum atomic E-state index is 0.209. The molecular formula is C14H20N6O. The number of fused-ring (bicyclic) bond motifs is 1. The van der Waals surface area contributed by atoms with Gasteiger partial charge in [-0.15, -0.1) is 0 Å². The molecule has 1 aliphatic rings. The minimum Gasteiger partial charge on any atom is -0.364 e. The number of nitrogens with zero attached hydrogens (tertiary/aromatic N) is 5. The van der Waals surface area contributed by atoms with Gasteiger partial charge in [-0.3, -0.25) is 4.79 Å². The highest BCUT2D eigenvalue weighted by Gasteiger charge is 2.26. The molecule has 3 heterocycles. The molecule has 2 aromatic heterocycles. The number of hydrogen-bond acceptors (Lipinski definition) is 5. The van der Waals surface area contributed by atoms with E-state index >= 15 is 0 Å². The van der Waals surface area contributed by atoms with Crippen LogP contribution in [0.2, 0.25) is 0 Å². The van der Waals surface area contributed by atoms with E-state index in [-0.39, 0.29) is 11.9 Å². The molecule has 0 aliphatic carbocycles. The van der Waals surface area contributed by atoms with E-state index in [1.807, 2.05) is 30.4 Å². The number of aromatic nitrogens is 4. The highest BCUT2D eigenvalue weighted by atomic mass is 16.2. The third kappa shape index (κ3) is 2.43. The Morgan fingerprint density at radius 1 is 1.48 bits per heavy atom. The van der Waals surface area contributed by atoms with Crippen molar-refractivity contribution in [2.75, 3.05) is 18.4 Å². The Morgan fingerprint density at radius 3 is 3.05 bits per heavy atom. The van der Waals surface area contributed by atoms with Crippen molar-refractivity contribution in [1.29, 1.82) is 0 Å². The summed E-state index contributed by atoms with van der Waals surface area (Å²) < 4.78 is 1.95. The highest BCUT2D eigenvalue weighted by Crippen LogP contribution is 2.21. The summed E-state index contributed by atoms with van der Waals surface area (Å²) >= 11 is 0. The van der Waals surface area contributed by atoms with E-state index in [9.17, 15) is 4.79 Å². The fourth-order valence-electron chi connectivity index (χ4n) is 2.74. The van der Waals surface area contributed by atoms with Crippen molar-refractivity contribution in [2.24, 2.45) is 7.05 Å². The molecule has 0 saturated carbocycles. The minimum absolute atomic E-state index is 0.209. The maximum atomic E-state index is 11.7. The maximum absolute atomic E-state index is 11.7. The van der Waals surface area contributed by atoms with E-state index in [1.54, 1.807) is 6.33 Å². The number of anilines is 1. The number of rotatable bonds is 3. The third-order valence-electron chi connectivity index (χ3n) is 4.06. The predicted octanol–water partition coefficient (Wildman–Crippen LogP) is 1.09. The zero-order valence-electron chi connectivity index (χ0n) is 12.6. The van der Waals surface area contributed by atoms with Gasteiger partial charge >= 0.3 is 0 Å². The second kappa shape index (κ2) is 5.31. The average Bonchev–Trinajstić information content (AvgIpc) is 3.06. The van der Waals surface area contributed by atoms with Gasteiger partial charge in [0.2, 0.25) is 5.91 Å². The molecule has 1 N–H and O–H groups in total. The van der Waals surface area contributed by atoms with Gasteiger partial charge in [-0.05, 0) is 13.3 Å². The molecule has 0 bridgehead atoms. The van der Waals surface area contributed by atoms with Gasteiger partial charge in [0.1, 0.15) is 12.2 Å². The fourth-order valence-corrected chi connectivity index (χ4v) is 2.74. The Balaban J connectivity index is 1.80. The lowest BCUT2D eigenvalue weighted by molar-refractivity contribution is -0.129. The van der Waals surface area contributed by atoms with E-state index in [2.05, 4.69) is 20.3 Å². The summed E-state index contributed by atoms with van der Waals surface area (Å²) in [5.41, 5.74) is 1.61. The van der Waals surface area contributed by atoms with Crippen molar-refractivity contribution in [1.82, 2.24) is 24.4 Å². The molecule has 1 amide bonds. The zero-order chi connectivity index (χ0) is 15.0. The Kier molecular flexibility index (Phi) is 3.48. The molecule has 21 heavy (non-hydrogen) atoms. The number of hydrogen-bond donors (Lipinski definition) is 1. The van der Waals surface area contributed by atoms with Gasteiger partial charge in [0, 0.05) is 32.6 Å². The predicted molar refractivity (Wildman–Crippen MR) is 79.9 cm³/mol. The van der Waals surface area contributed by atoms with Crippen LogP contribution in [0, 0.1) is 6.92 Å². The molecule has 1 saturated heterocycles. The Bertz CT molecular complexity index is 679. The fraction of sp³-hybridized carbons (Fsp3) is 0.571. The summed E-state index contributed by atoms with van der Waals surface area (Å²) in [5.74, 6) is 1.86. The highest BCUT2D eigenvalue weighted by molar-refractivity contribution is 5.83. The second-order valence-electron chi connectivity index (χ2n) is 5.44. The second-order valence-corrected chi connectivity index (χ2v) is 5.44. The quantitative estimate of drug-likeness (QED) is 0.915. The molecule has 3 rings (SSSR count). The van der Waals surface area contributed by atoms with E-state index in [1.165, 1.54) is 0 Å². The van der Waals surface area contributed by atoms with Gasteiger partial charge < -0.3 is 14.8 Å². The number of amides is 1. The van der Waals surface area contributed by atoms with Crippen molar-refractivity contribution in [3.63, 3.8) is 0 Å². The summed E-state index contributed by atoms with van der Waals surface area (Å²) in [7, 11) is 1.94. The lowest BCUT2D eigenvalue weighted by atomic mass is 10.2. The summed E-state index contributed by atoms with van der Waals surface area (Å²) in [6.45, 7) is 5.38. The van der Waals surface area contributed by atoms with Crippen LogP contribution in [0.3, 0.4) is 0 Å². The van der Waals surface area contributed by atoms with Crippen LogP contribution >= 0.6 is 0 Å². The van der Waals surface area contributed by atoms with E-state index in [0.29, 0.717) is 6.42 Å². The van der Waals surface area contributed by atoms with Crippen LogP contribution in [0.15, 0.2) is 6.33 Å². The van der Waals surface area contributed by atoms with Crippen molar-refractivity contribution < 1.29 is 4.79 Å². The Labute approximate surface area is 123 Å². The zero-order valence-corrected chi connectivity index (χ0v) is 12.6. The van der Waals surface area contributed by atoms with E-state index in [4.69, 9.17) is 0 Å². The van der Waals surface area contributed by atoms with Crippen molar-refractivity contribution >= 4 is 22.9 Å². The molecule has 2 aromatic rings. The van der Waals surface area contributed by atoms with Crippen LogP contribution in [0.25, 0.3) is 11.2 Å². The first-order valence-electron chi connectivity index (χ1n) is 7.28. The molecular weight excluding hydrogens is 268 g/mol. The van der Waals surface area contributed by atoms with Gasteiger partial charge in [-0.25, -0.2) is 15.0 Å². The first-order valence-corrected chi connectivity index (χ1v) is 7.28.